The lowest BCUT2D eigenvalue weighted by molar-refractivity contribution is -0.111. The molecule has 5 rings (SSSR count). The molecule has 244 valence electrons. The molecule has 0 spiro atoms. The van der Waals surface area contributed by atoms with Crippen LogP contribution in [0.25, 0.3) is 0 Å². The van der Waals surface area contributed by atoms with E-state index in [1.165, 1.54) is 6.08 Å². The fraction of sp³-hybridized carbons (Fsp3) is 0.278. The molecule has 4 amide bonds. The van der Waals surface area contributed by atoms with Crippen LogP contribution < -0.4 is 21.3 Å². The number of H-pyrrole nitrogens is 1. The first kappa shape index (κ1) is 33.0. The predicted octanol–water partition coefficient (Wildman–Crippen LogP) is 6.37. The zero-order valence-electron chi connectivity index (χ0n) is 27.4. The van der Waals surface area contributed by atoms with Gasteiger partial charge < -0.3 is 31.1 Å². The number of fused-ring (bicyclic) bond motifs is 1. The summed E-state index contributed by atoms with van der Waals surface area (Å²) in [7, 11) is 3.85. The second-order valence-corrected chi connectivity index (χ2v) is 12.3. The standard InChI is InChI=1S/C36H42N8O3/c1-6-30(24-12-8-7-9-13-24)40-35(47)44-23-29-32(36(44,2)3)41-42-33(29)38-27-14-10-15-28(22-27)39-34(46)25-17-19-26(20-18-25)37-31(45)16-11-21-43(4)5/h7-20,22,30H,6,21,23H2,1-5H3,(H,37,45)(H,39,46)(H,40,47)(H2,38,41,42)/b16-11+/t30-/m1/s1. The van der Waals surface area contributed by atoms with Crippen molar-refractivity contribution in [1.29, 1.82) is 0 Å². The predicted molar refractivity (Wildman–Crippen MR) is 186 cm³/mol. The molecule has 3 aromatic carbocycles. The van der Waals surface area contributed by atoms with Crippen molar-refractivity contribution in [3.05, 3.63) is 113 Å². The van der Waals surface area contributed by atoms with E-state index < -0.39 is 5.54 Å². The molecule has 1 aliphatic heterocycles. The SMILES string of the molecule is CC[C@@H](NC(=O)N1Cc2c(Nc3cccc(NC(=O)c4ccc(NC(=O)/C=C/CN(C)C)cc4)c3)n[nH]c2C1(C)C)c1ccccc1. The minimum Gasteiger partial charge on any atom is -0.338 e. The van der Waals surface area contributed by atoms with Crippen LogP contribution in [-0.2, 0) is 16.9 Å². The highest BCUT2D eigenvalue weighted by atomic mass is 16.2. The van der Waals surface area contributed by atoms with Crippen molar-refractivity contribution in [2.45, 2.75) is 45.3 Å². The molecule has 0 saturated carbocycles. The van der Waals surface area contributed by atoms with Gasteiger partial charge in [-0.2, -0.15) is 5.10 Å². The maximum absolute atomic E-state index is 13.5. The van der Waals surface area contributed by atoms with Crippen LogP contribution in [0.5, 0.6) is 0 Å². The average Bonchev–Trinajstić information content (AvgIpc) is 3.57. The van der Waals surface area contributed by atoms with Crippen molar-refractivity contribution < 1.29 is 14.4 Å². The second kappa shape index (κ2) is 14.3. The highest BCUT2D eigenvalue weighted by Crippen LogP contribution is 2.41. The van der Waals surface area contributed by atoms with Crippen molar-refractivity contribution in [2.24, 2.45) is 0 Å². The lowest BCUT2D eigenvalue weighted by Gasteiger charge is -2.33. The number of hydrogen-bond acceptors (Lipinski definition) is 6. The minimum absolute atomic E-state index is 0.0913. The number of aromatic nitrogens is 2. The Balaban J connectivity index is 1.21. The van der Waals surface area contributed by atoms with Gasteiger partial charge in [-0.15, -0.1) is 0 Å². The highest BCUT2D eigenvalue weighted by molar-refractivity contribution is 6.05. The highest BCUT2D eigenvalue weighted by Gasteiger charge is 2.44. The number of urea groups is 1. The molecule has 2 heterocycles. The van der Waals surface area contributed by atoms with E-state index in [0.717, 1.165) is 28.9 Å². The molecule has 0 aliphatic carbocycles. The van der Waals surface area contributed by atoms with E-state index in [4.69, 9.17) is 0 Å². The number of amides is 4. The van der Waals surface area contributed by atoms with E-state index in [1.807, 2.05) is 86.3 Å². The number of nitrogens with one attached hydrogen (secondary N) is 5. The van der Waals surface area contributed by atoms with Gasteiger partial charge in [0.2, 0.25) is 5.91 Å². The third-order valence-electron chi connectivity index (χ3n) is 8.16. The molecule has 47 heavy (non-hydrogen) atoms. The molecule has 1 atom stereocenters. The Hall–Kier alpha value is -5.42. The van der Waals surface area contributed by atoms with Crippen molar-refractivity contribution in [1.82, 2.24) is 25.3 Å². The summed E-state index contributed by atoms with van der Waals surface area (Å²) in [5, 5.41) is 19.9. The van der Waals surface area contributed by atoms with Crippen molar-refractivity contribution in [3.8, 4) is 0 Å². The van der Waals surface area contributed by atoms with Crippen LogP contribution in [-0.4, -0.2) is 58.5 Å². The van der Waals surface area contributed by atoms with Gasteiger partial charge >= 0.3 is 6.03 Å². The van der Waals surface area contributed by atoms with Crippen LogP contribution in [0.15, 0.2) is 91.0 Å². The largest absolute Gasteiger partial charge is 0.338 e. The second-order valence-electron chi connectivity index (χ2n) is 12.3. The molecule has 0 fully saturated rings. The van der Waals surface area contributed by atoms with E-state index >= 15 is 0 Å². The summed E-state index contributed by atoms with van der Waals surface area (Å²) in [6, 6.07) is 23.8. The average molecular weight is 635 g/mol. The summed E-state index contributed by atoms with van der Waals surface area (Å²) in [4.78, 5) is 42.4. The van der Waals surface area contributed by atoms with E-state index in [9.17, 15) is 14.4 Å². The van der Waals surface area contributed by atoms with Crippen LogP contribution in [0, 0.1) is 0 Å². The van der Waals surface area contributed by atoms with Crippen LogP contribution in [0.3, 0.4) is 0 Å². The van der Waals surface area contributed by atoms with Crippen LogP contribution in [0.2, 0.25) is 0 Å². The summed E-state index contributed by atoms with van der Waals surface area (Å²) in [6.07, 6.45) is 4.04. The van der Waals surface area contributed by atoms with Gasteiger partial charge in [-0.25, -0.2) is 4.79 Å². The quantitative estimate of drug-likeness (QED) is 0.122. The fourth-order valence-corrected chi connectivity index (χ4v) is 5.55. The van der Waals surface area contributed by atoms with E-state index in [0.29, 0.717) is 35.8 Å². The number of likely N-dealkylation sites (N-methyl/N-ethyl adjacent to an activating group) is 1. The van der Waals surface area contributed by atoms with Crippen LogP contribution in [0.1, 0.15) is 60.4 Å². The summed E-state index contributed by atoms with van der Waals surface area (Å²) in [5.41, 5.74) is 4.63. The summed E-state index contributed by atoms with van der Waals surface area (Å²) in [5.74, 6) is 0.107. The first-order valence-electron chi connectivity index (χ1n) is 15.7. The molecule has 0 unspecified atom stereocenters. The van der Waals surface area contributed by atoms with Crippen molar-refractivity contribution >= 4 is 40.7 Å². The fourth-order valence-electron chi connectivity index (χ4n) is 5.55. The van der Waals surface area contributed by atoms with Gasteiger partial charge in [0.25, 0.3) is 5.91 Å². The smallest absolute Gasteiger partial charge is 0.318 e. The van der Waals surface area contributed by atoms with Crippen molar-refractivity contribution in [3.63, 3.8) is 0 Å². The van der Waals surface area contributed by atoms with E-state index in [1.54, 1.807) is 36.4 Å². The number of aromatic amines is 1. The van der Waals surface area contributed by atoms with Gasteiger partial charge in [-0.05, 0) is 82.4 Å². The number of nitrogens with zero attached hydrogens (tertiary/aromatic N) is 3. The Labute approximate surface area is 275 Å². The molecule has 4 aromatic rings. The van der Waals surface area contributed by atoms with Gasteiger partial charge in [0.1, 0.15) is 0 Å². The van der Waals surface area contributed by atoms with Gasteiger partial charge in [-0.3, -0.25) is 14.7 Å². The van der Waals surface area contributed by atoms with Gasteiger partial charge in [0.15, 0.2) is 5.82 Å². The maximum atomic E-state index is 13.5. The summed E-state index contributed by atoms with van der Waals surface area (Å²) < 4.78 is 0. The van der Waals surface area contributed by atoms with Gasteiger partial charge in [0.05, 0.1) is 23.8 Å². The molecule has 1 aromatic heterocycles. The summed E-state index contributed by atoms with van der Waals surface area (Å²) >= 11 is 0. The van der Waals surface area contributed by atoms with Crippen LogP contribution >= 0.6 is 0 Å². The third kappa shape index (κ3) is 7.87. The van der Waals surface area contributed by atoms with Gasteiger partial charge in [0, 0.05) is 40.8 Å². The van der Waals surface area contributed by atoms with Gasteiger partial charge in [-0.1, -0.05) is 49.4 Å². The molecule has 11 nitrogen and oxygen atoms in total. The Morgan fingerprint density at radius 3 is 2.38 bits per heavy atom. The number of rotatable bonds is 11. The number of carbonyl (C=O) groups excluding carboxylic acids is 3. The Morgan fingerprint density at radius 1 is 0.957 bits per heavy atom. The van der Waals surface area contributed by atoms with E-state index in [-0.39, 0.29) is 23.9 Å². The molecule has 0 radical (unpaired) electrons. The zero-order chi connectivity index (χ0) is 33.6. The Bertz CT molecular complexity index is 1750. The molecular formula is C36H42N8O3. The monoisotopic (exact) mass is 634 g/mol. The third-order valence-corrected chi connectivity index (χ3v) is 8.16. The van der Waals surface area contributed by atoms with Crippen LogP contribution in [0.4, 0.5) is 27.7 Å². The van der Waals surface area contributed by atoms with E-state index in [2.05, 4.69) is 38.4 Å². The zero-order valence-corrected chi connectivity index (χ0v) is 27.4. The Kier molecular flexibility index (Phi) is 10.1. The lowest BCUT2D eigenvalue weighted by Crippen LogP contribution is -2.47. The molecule has 0 saturated heterocycles. The topological polar surface area (TPSA) is 134 Å². The first-order valence-corrected chi connectivity index (χ1v) is 15.7. The lowest BCUT2D eigenvalue weighted by atomic mass is 10.0. The minimum atomic E-state index is -0.599. The molecule has 5 N–H and O–H groups in total. The number of anilines is 4. The molecule has 0 bridgehead atoms. The number of hydrogen-bond donors (Lipinski definition) is 5. The summed E-state index contributed by atoms with van der Waals surface area (Å²) in [6.45, 7) is 7.12. The molecule has 1 aliphatic rings. The molecule has 11 heteroatoms. The normalized spacial score (nSPS) is 14.1. The maximum Gasteiger partial charge on any atom is 0.318 e. The molecular weight excluding hydrogens is 592 g/mol. The van der Waals surface area contributed by atoms with Crippen molar-refractivity contribution in [2.75, 3.05) is 36.6 Å². The number of carbonyl (C=O) groups is 3. The number of benzene rings is 3. The Morgan fingerprint density at radius 2 is 1.68 bits per heavy atom. The first-order chi connectivity index (χ1) is 22.5.